The minimum atomic E-state index is 0.859. The van der Waals surface area contributed by atoms with Crippen molar-refractivity contribution in [1.29, 1.82) is 0 Å². The van der Waals surface area contributed by atoms with Gasteiger partial charge in [-0.15, -0.1) is 0 Å². The summed E-state index contributed by atoms with van der Waals surface area (Å²) in [5.41, 5.74) is 14.2. The lowest BCUT2D eigenvalue weighted by Gasteiger charge is -2.27. The van der Waals surface area contributed by atoms with Crippen LogP contribution in [0.2, 0.25) is 0 Å². The molecule has 3 heterocycles. The fourth-order valence-electron chi connectivity index (χ4n) is 9.15. The van der Waals surface area contributed by atoms with Crippen LogP contribution in [-0.2, 0) is 0 Å². The van der Waals surface area contributed by atoms with E-state index >= 15 is 0 Å². The van der Waals surface area contributed by atoms with Crippen LogP contribution in [0.25, 0.3) is 88.1 Å². The first-order chi connectivity index (χ1) is 28.8. The highest BCUT2D eigenvalue weighted by molar-refractivity contribution is 6.17. The van der Waals surface area contributed by atoms with E-state index in [4.69, 9.17) is 4.42 Å². The SMILES string of the molecule is c1ccc(-n2c3ccccc3c3ccc(-c4cccc(N(c5ccc6c(c5)oc5ccccc56)c5cccc6c5c5ccccc5n6-c5ccccc5)c4)cc32)cc1. The van der Waals surface area contributed by atoms with Crippen molar-refractivity contribution in [2.24, 2.45) is 0 Å². The molecule has 3 aromatic heterocycles. The summed E-state index contributed by atoms with van der Waals surface area (Å²) in [5.74, 6) is 0. The zero-order valence-corrected chi connectivity index (χ0v) is 31.5. The highest BCUT2D eigenvalue weighted by Crippen LogP contribution is 2.46. The molecule has 0 aliphatic rings. The molecule has 0 aliphatic heterocycles. The van der Waals surface area contributed by atoms with Gasteiger partial charge in [-0.3, -0.25) is 0 Å². The lowest BCUT2D eigenvalue weighted by atomic mass is 10.0. The number of hydrogen-bond donors (Lipinski definition) is 0. The molecule has 0 amide bonds. The number of nitrogens with zero attached hydrogens (tertiary/aromatic N) is 3. The Morgan fingerprint density at radius 2 is 0.879 bits per heavy atom. The van der Waals surface area contributed by atoms with Gasteiger partial charge in [-0.2, -0.15) is 0 Å². The average Bonchev–Trinajstić information content (AvgIpc) is 3.95. The van der Waals surface area contributed by atoms with E-state index in [1.54, 1.807) is 0 Å². The first-order valence-corrected chi connectivity index (χ1v) is 19.8. The Balaban J connectivity index is 1.10. The molecule has 4 nitrogen and oxygen atoms in total. The Morgan fingerprint density at radius 3 is 1.67 bits per heavy atom. The molecule has 0 radical (unpaired) electrons. The maximum absolute atomic E-state index is 6.51. The van der Waals surface area contributed by atoms with E-state index in [0.717, 1.165) is 67.0 Å². The molecule has 0 saturated carbocycles. The van der Waals surface area contributed by atoms with E-state index in [2.05, 4.69) is 214 Å². The molecule has 0 unspecified atom stereocenters. The van der Waals surface area contributed by atoms with Crippen molar-refractivity contribution in [1.82, 2.24) is 9.13 Å². The van der Waals surface area contributed by atoms with Crippen LogP contribution >= 0.6 is 0 Å². The Kier molecular flexibility index (Phi) is 7.20. The van der Waals surface area contributed by atoms with Crippen molar-refractivity contribution in [3.05, 3.63) is 212 Å². The number of fused-ring (bicyclic) bond motifs is 9. The second-order valence-electron chi connectivity index (χ2n) is 14.9. The molecule has 58 heavy (non-hydrogen) atoms. The summed E-state index contributed by atoms with van der Waals surface area (Å²) in [5, 5.41) is 7.09. The zero-order valence-electron chi connectivity index (χ0n) is 31.5. The Labute approximate surface area is 334 Å². The standard InChI is InChI=1S/C54H35N3O/c1-3-16-38(17-4-1)56-48-25-11-8-23-46(48)54-49(26-14-27-50(54)56)55(41-30-32-45-44-22-9-12-28-52(44)58-53(45)35-41)40-20-13-15-36(33-40)37-29-31-43-42-21-7-10-24-47(42)57(51(43)34-37)39-18-5-2-6-19-39/h1-35H. The summed E-state index contributed by atoms with van der Waals surface area (Å²) >= 11 is 0. The number of para-hydroxylation sites is 5. The topological polar surface area (TPSA) is 26.2 Å². The van der Waals surface area contributed by atoms with E-state index in [-0.39, 0.29) is 0 Å². The molecule has 12 rings (SSSR count). The Hall–Kier alpha value is -7.82. The van der Waals surface area contributed by atoms with Gasteiger partial charge < -0.3 is 18.5 Å². The monoisotopic (exact) mass is 741 g/mol. The summed E-state index contributed by atoms with van der Waals surface area (Å²) in [4.78, 5) is 2.40. The second kappa shape index (κ2) is 12.9. The van der Waals surface area contributed by atoms with Crippen LogP contribution in [0, 0.1) is 0 Å². The predicted molar refractivity (Wildman–Crippen MR) is 243 cm³/mol. The van der Waals surface area contributed by atoms with Gasteiger partial charge in [0.25, 0.3) is 0 Å². The molecule has 272 valence electrons. The van der Waals surface area contributed by atoms with Crippen LogP contribution in [0.3, 0.4) is 0 Å². The van der Waals surface area contributed by atoms with Gasteiger partial charge in [-0.1, -0.05) is 121 Å². The maximum Gasteiger partial charge on any atom is 0.137 e. The first kappa shape index (κ1) is 32.4. The van der Waals surface area contributed by atoms with Crippen LogP contribution < -0.4 is 4.90 Å². The molecule has 12 aromatic rings. The molecule has 0 bridgehead atoms. The summed E-state index contributed by atoms with van der Waals surface area (Å²) < 4.78 is 11.3. The Morgan fingerprint density at radius 1 is 0.328 bits per heavy atom. The number of aromatic nitrogens is 2. The van der Waals surface area contributed by atoms with Crippen molar-refractivity contribution in [2.75, 3.05) is 4.90 Å². The third-order valence-corrected chi connectivity index (χ3v) is 11.7. The molecule has 0 saturated heterocycles. The quantitative estimate of drug-likeness (QED) is 0.170. The zero-order chi connectivity index (χ0) is 38.2. The van der Waals surface area contributed by atoms with Gasteiger partial charge in [0.05, 0.1) is 27.8 Å². The number of rotatable bonds is 6. The van der Waals surface area contributed by atoms with Crippen molar-refractivity contribution in [3.8, 4) is 22.5 Å². The van der Waals surface area contributed by atoms with Crippen LogP contribution in [0.5, 0.6) is 0 Å². The third kappa shape index (κ3) is 4.95. The van der Waals surface area contributed by atoms with Gasteiger partial charge in [0.15, 0.2) is 0 Å². The van der Waals surface area contributed by atoms with E-state index in [0.29, 0.717) is 0 Å². The first-order valence-electron chi connectivity index (χ1n) is 19.8. The summed E-state index contributed by atoms with van der Waals surface area (Å²) in [6.07, 6.45) is 0. The minimum Gasteiger partial charge on any atom is -0.456 e. The normalized spacial score (nSPS) is 11.8. The molecule has 0 fully saturated rings. The Bertz CT molecular complexity index is 3520. The molecule has 4 heteroatoms. The molecule has 0 aliphatic carbocycles. The summed E-state index contributed by atoms with van der Waals surface area (Å²) in [7, 11) is 0. The predicted octanol–water partition coefficient (Wildman–Crippen LogP) is 14.9. The van der Waals surface area contributed by atoms with Crippen molar-refractivity contribution in [2.45, 2.75) is 0 Å². The molecule has 0 N–H and O–H groups in total. The van der Waals surface area contributed by atoms with E-state index < -0.39 is 0 Å². The second-order valence-corrected chi connectivity index (χ2v) is 14.9. The molecule has 0 atom stereocenters. The summed E-state index contributed by atoms with van der Waals surface area (Å²) in [6, 6.07) is 76.2. The lowest BCUT2D eigenvalue weighted by molar-refractivity contribution is 0.669. The number of furan rings is 1. The third-order valence-electron chi connectivity index (χ3n) is 11.7. The van der Waals surface area contributed by atoms with Crippen LogP contribution in [0.15, 0.2) is 217 Å². The van der Waals surface area contributed by atoms with Gasteiger partial charge in [-0.05, 0) is 96.1 Å². The van der Waals surface area contributed by atoms with Gasteiger partial charge in [0.1, 0.15) is 11.2 Å². The highest BCUT2D eigenvalue weighted by Gasteiger charge is 2.22. The minimum absolute atomic E-state index is 0.859. The summed E-state index contributed by atoms with van der Waals surface area (Å²) in [6.45, 7) is 0. The van der Waals surface area contributed by atoms with Crippen LogP contribution in [0.4, 0.5) is 17.1 Å². The number of hydrogen-bond acceptors (Lipinski definition) is 2. The van der Waals surface area contributed by atoms with Crippen molar-refractivity contribution < 1.29 is 4.42 Å². The largest absolute Gasteiger partial charge is 0.456 e. The van der Waals surface area contributed by atoms with Gasteiger partial charge in [-0.25, -0.2) is 0 Å². The van der Waals surface area contributed by atoms with Crippen LogP contribution in [-0.4, -0.2) is 9.13 Å². The number of anilines is 3. The van der Waals surface area contributed by atoms with E-state index in [9.17, 15) is 0 Å². The van der Waals surface area contributed by atoms with Gasteiger partial charge in [0.2, 0.25) is 0 Å². The average molecular weight is 742 g/mol. The molecule has 0 spiro atoms. The van der Waals surface area contributed by atoms with Crippen molar-refractivity contribution >= 4 is 82.6 Å². The van der Waals surface area contributed by atoms with Crippen LogP contribution in [0.1, 0.15) is 0 Å². The lowest BCUT2D eigenvalue weighted by Crippen LogP contribution is -2.10. The van der Waals surface area contributed by atoms with E-state index in [1.807, 2.05) is 12.1 Å². The van der Waals surface area contributed by atoms with Gasteiger partial charge in [0, 0.05) is 61.1 Å². The highest BCUT2D eigenvalue weighted by atomic mass is 16.3. The maximum atomic E-state index is 6.51. The fraction of sp³-hybridized carbons (Fsp3) is 0. The molecular weight excluding hydrogens is 707 g/mol. The van der Waals surface area contributed by atoms with Gasteiger partial charge >= 0.3 is 0 Å². The molecular formula is C54H35N3O. The smallest absolute Gasteiger partial charge is 0.137 e. The fourth-order valence-corrected chi connectivity index (χ4v) is 9.15. The van der Waals surface area contributed by atoms with Crippen molar-refractivity contribution in [3.63, 3.8) is 0 Å². The number of benzene rings is 9. The van der Waals surface area contributed by atoms with E-state index in [1.165, 1.54) is 38.1 Å². The molecule has 9 aromatic carbocycles.